The Labute approximate surface area is 189 Å². The number of fused-ring (bicyclic) bond motifs is 1. The van der Waals surface area contributed by atoms with Crippen molar-refractivity contribution in [3.05, 3.63) is 58.1 Å². The van der Waals surface area contributed by atoms with Gasteiger partial charge in [0.25, 0.3) is 0 Å². The van der Waals surface area contributed by atoms with E-state index in [1.54, 1.807) is 11.5 Å². The lowest BCUT2D eigenvalue weighted by Crippen LogP contribution is -2.16. The molecular weight excluding hydrogens is 462 g/mol. The van der Waals surface area contributed by atoms with Crippen LogP contribution in [0.5, 0.6) is 5.88 Å². The number of hydrogen-bond donors (Lipinski definition) is 1. The van der Waals surface area contributed by atoms with Crippen molar-refractivity contribution >= 4 is 44.1 Å². The lowest BCUT2D eigenvalue weighted by Gasteiger charge is -2.13. The van der Waals surface area contributed by atoms with Crippen LogP contribution in [0.15, 0.2) is 62.3 Å². The number of carbonyl (C=O) groups is 1. The van der Waals surface area contributed by atoms with E-state index in [9.17, 15) is 9.90 Å². The smallest absolute Gasteiger partial charge is 0.304 e. The number of hydrogen-bond acceptors (Lipinski definition) is 6. The molecule has 3 rings (SSSR count). The Hall–Kier alpha value is -3.04. The van der Waals surface area contributed by atoms with Crippen LogP contribution in [0.1, 0.15) is 18.1 Å². The molecule has 1 amide bonds. The highest BCUT2D eigenvalue weighted by Crippen LogP contribution is 2.40. The number of aryl methyl sites for hydroxylation is 1. The van der Waals surface area contributed by atoms with E-state index in [0.717, 1.165) is 21.1 Å². The zero-order valence-electron chi connectivity index (χ0n) is 17.8. The lowest BCUT2D eigenvalue weighted by atomic mass is 10.1. The van der Waals surface area contributed by atoms with Crippen LogP contribution in [-0.2, 0) is 16.3 Å². The number of rotatable bonds is 7. The molecule has 0 saturated carbocycles. The maximum atomic E-state index is 12.1. The van der Waals surface area contributed by atoms with E-state index >= 15 is 0 Å². The third kappa shape index (κ3) is 5.56. The number of carbonyl (C=O) groups excluding carboxylic acids is 1. The number of aromatic hydroxyl groups is 1. The van der Waals surface area contributed by atoms with Gasteiger partial charge in [-0.05, 0) is 51.7 Å². The van der Waals surface area contributed by atoms with E-state index in [4.69, 9.17) is 4.84 Å². The largest absolute Gasteiger partial charge is 0.493 e. The third-order valence-electron chi connectivity index (χ3n) is 4.52. The van der Waals surface area contributed by atoms with Crippen molar-refractivity contribution in [3.8, 4) is 5.88 Å². The molecule has 3 aromatic rings. The number of azo groups is 1. The zero-order valence-corrected chi connectivity index (χ0v) is 19.4. The van der Waals surface area contributed by atoms with Gasteiger partial charge in [-0.1, -0.05) is 50.9 Å². The molecule has 31 heavy (non-hydrogen) atoms. The van der Waals surface area contributed by atoms with Crippen molar-refractivity contribution < 1.29 is 14.7 Å². The van der Waals surface area contributed by atoms with Gasteiger partial charge in [-0.3, -0.25) is 14.3 Å². The molecule has 0 fully saturated rings. The minimum atomic E-state index is -0.608. The Kier molecular flexibility index (Phi) is 7.19. The van der Waals surface area contributed by atoms with Gasteiger partial charge in [-0.15, -0.1) is 10.2 Å². The Morgan fingerprint density at radius 3 is 2.58 bits per heavy atom. The highest BCUT2D eigenvalue weighted by Gasteiger charge is 2.18. The summed E-state index contributed by atoms with van der Waals surface area (Å²) >= 11 is 3.43. The first kappa shape index (κ1) is 22.6. The average Bonchev–Trinajstić information content (AvgIpc) is 2.96. The maximum Gasteiger partial charge on any atom is 0.304 e. The summed E-state index contributed by atoms with van der Waals surface area (Å²) in [5.41, 5.74) is 3.72. The number of halogens is 1. The Balaban J connectivity index is 1.74. The van der Waals surface area contributed by atoms with Crippen molar-refractivity contribution in [2.45, 2.75) is 20.5 Å². The van der Waals surface area contributed by atoms with Gasteiger partial charge in [-0.25, -0.2) is 0 Å². The molecule has 0 spiro atoms. The summed E-state index contributed by atoms with van der Waals surface area (Å²) in [7, 11) is 3.79. The van der Waals surface area contributed by atoms with Crippen LogP contribution >= 0.6 is 15.9 Å². The van der Waals surface area contributed by atoms with Gasteiger partial charge in [0, 0.05) is 9.86 Å². The molecule has 0 unspecified atom stereocenters. The van der Waals surface area contributed by atoms with Crippen molar-refractivity contribution in [3.63, 3.8) is 0 Å². The van der Waals surface area contributed by atoms with Gasteiger partial charge >= 0.3 is 5.91 Å². The summed E-state index contributed by atoms with van der Waals surface area (Å²) in [6.45, 7) is 3.90. The standard InChI is InChI=1S/C22H24BrN5O3/c1-14-5-7-16(8-6-14)15(2)26-31-12-20(29)24-25-21-18-11-17(23)9-10-19(18)28(22(21)30)13-27(3)4/h5-11,30H,12-13H2,1-4H3/b25-24?,26-15+. The van der Waals surface area contributed by atoms with Gasteiger partial charge in [0.2, 0.25) is 5.88 Å². The molecule has 0 aliphatic heterocycles. The monoisotopic (exact) mass is 485 g/mol. The van der Waals surface area contributed by atoms with Gasteiger partial charge in [0.05, 0.1) is 17.9 Å². The van der Waals surface area contributed by atoms with E-state index in [1.165, 1.54) is 0 Å². The van der Waals surface area contributed by atoms with E-state index in [-0.39, 0.29) is 18.2 Å². The molecule has 162 valence electrons. The molecule has 1 aromatic heterocycles. The van der Waals surface area contributed by atoms with Crippen molar-refractivity contribution in [1.29, 1.82) is 0 Å². The lowest BCUT2D eigenvalue weighted by molar-refractivity contribution is -0.122. The van der Waals surface area contributed by atoms with Gasteiger partial charge in [0.1, 0.15) is 0 Å². The van der Waals surface area contributed by atoms with Crippen LogP contribution in [0, 0.1) is 6.92 Å². The number of oxime groups is 1. The van der Waals surface area contributed by atoms with Crippen molar-refractivity contribution in [2.75, 3.05) is 20.7 Å². The van der Waals surface area contributed by atoms with Gasteiger partial charge in [0.15, 0.2) is 12.3 Å². The summed E-state index contributed by atoms with van der Waals surface area (Å²) in [6.07, 6.45) is 0. The molecule has 2 aromatic carbocycles. The molecule has 0 saturated heterocycles. The molecular formula is C22H24BrN5O3. The number of aromatic nitrogens is 1. The second kappa shape index (κ2) is 9.84. The van der Waals surface area contributed by atoms with Crippen molar-refractivity contribution in [2.24, 2.45) is 15.4 Å². The molecule has 0 bridgehead atoms. The topological polar surface area (TPSA) is 91.8 Å². The molecule has 0 aliphatic carbocycles. The van der Waals surface area contributed by atoms with Crippen LogP contribution < -0.4 is 0 Å². The van der Waals surface area contributed by atoms with E-state index in [2.05, 4.69) is 31.3 Å². The van der Waals surface area contributed by atoms with E-state index in [0.29, 0.717) is 17.8 Å². The molecule has 8 nitrogen and oxygen atoms in total. The number of benzene rings is 2. The molecule has 0 aliphatic rings. The fraction of sp³-hybridized carbons (Fsp3) is 0.273. The fourth-order valence-electron chi connectivity index (χ4n) is 2.99. The second-order valence-electron chi connectivity index (χ2n) is 7.39. The quantitative estimate of drug-likeness (QED) is 0.290. The first-order valence-corrected chi connectivity index (χ1v) is 10.4. The second-order valence-corrected chi connectivity index (χ2v) is 8.31. The SMILES string of the molecule is C/C(=N\OCC(=O)N=Nc1c(O)n(CN(C)C)c2ccc(Br)cc12)c1ccc(C)cc1. The summed E-state index contributed by atoms with van der Waals surface area (Å²) in [5.74, 6) is -0.670. The first-order chi connectivity index (χ1) is 14.8. The minimum absolute atomic E-state index is 0.0625. The average molecular weight is 486 g/mol. The number of nitrogens with zero attached hydrogens (tertiary/aromatic N) is 5. The van der Waals surface area contributed by atoms with Gasteiger partial charge < -0.3 is 9.94 Å². The van der Waals surface area contributed by atoms with E-state index in [1.807, 2.05) is 68.4 Å². The Bertz CT molecular complexity index is 1150. The van der Waals surface area contributed by atoms with Gasteiger partial charge in [-0.2, -0.15) is 0 Å². The first-order valence-electron chi connectivity index (χ1n) is 9.60. The maximum absolute atomic E-state index is 12.1. The third-order valence-corrected chi connectivity index (χ3v) is 5.01. The van der Waals surface area contributed by atoms with Crippen LogP contribution in [-0.4, -0.2) is 46.9 Å². The summed E-state index contributed by atoms with van der Waals surface area (Å²) in [5, 5.41) is 23.0. The Morgan fingerprint density at radius 1 is 1.19 bits per heavy atom. The Morgan fingerprint density at radius 2 is 1.90 bits per heavy atom. The predicted octanol–water partition coefficient (Wildman–Crippen LogP) is 4.99. The van der Waals surface area contributed by atoms with Crippen LogP contribution in [0.3, 0.4) is 0 Å². The summed E-state index contributed by atoms with van der Waals surface area (Å²) in [6, 6.07) is 13.4. The molecule has 1 N–H and O–H groups in total. The summed E-state index contributed by atoms with van der Waals surface area (Å²) in [4.78, 5) is 19.2. The minimum Gasteiger partial charge on any atom is -0.493 e. The normalized spacial score (nSPS) is 12.3. The molecule has 0 radical (unpaired) electrons. The van der Waals surface area contributed by atoms with Crippen LogP contribution in [0.4, 0.5) is 5.69 Å². The van der Waals surface area contributed by atoms with Crippen LogP contribution in [0.2, 0.25) is 0 Å². The number of amides is 1. The highest BCUT2D eigenvalue weighted by molar-refractivity contribution is 9.10. The molecule has 9 heteroatoms. The van der Waals surface area contributed by atoms with Crippen LogP contribution in [0.25, 0.3) is 10.9 Å². The molecule has 0 atom stereocenters. The zero-order chi connectivity index (χ0) is 22.5. The highest BCUT2D eigenvalue weighted by atomic mass is 79.9. The predicted molar refractivity (Wildman–Crippen MR) is 124 cm³/mol. The fourth-order valence-corrected chi connectivity index (χ4v) is 3.35. The van der Waals surface area contributed by atoms with E-state index < -0.39 is 5.91 Å². The van der Waals surface area contributed by atoms with Crippen molar-refractivity contribution in [1.82, 2.24) is 9.47 Å². The summed E-state index contributed by atoms with van der Waals surface area (Å²) < 4.78 is 2.53. The molecule has 1 heterocycles.